The molecule has 0 bridgehead atoms. The summed E-state index contributed by atoms with van der Waals surface area (Å²) in [5.74, 6) is 0.972. The summed E-state index contributed by atoms with van der Waals surface area (Å²) in [7, 11) is 3.56. The Hall–Kier alpha value is -0.570. The molecule has 140 valence electrons. The van der Waals surface area contributed by atoms with Crippen LogP contribution in [0.2, 0.25) is 0 Å². The average molecular weight is 451 g/mol. The van der Waals surface area contributed by atoms with E-state index >= 15 is 0 Å². The predicted molar refractivity (Wildman–Crippen MR) is 110 cm³/mol. The topological polar surface area (TPSA) is 51.2 Å². The minimum atomic E-state index is 0. The molecule has 0 saturated carbocycles. The molecule has 2 aliphatic heterocycles. The largest absolute Gasteiger partial charge is 0.355 e. The van der Waals surface area contributed by atoms with Gasteiger partial charge in [0.1, 0.15) is 6.54 Å². The Balaban J connectivity index is 0.00000288. The number of aliphatic imine (C=N–C) groups is 1. The molecule has 7 heteroatoms. The highest BCUT2D eigenvalue weighted by molar-refractivity contribution is 14.0. The number of carbonyl (C=O) groups is 1. The van der Waals surface area contributed by atoms with E-state index in [9.17, 15) is 4.79 Å². The lowest BCUT2D eigenvalue weighted by molar-refractivity contribution is -0.127. The molecule has 0 aliphatic carbocycles. The molecule has 1 atom stereocenters. The lowest BCUT2D eigenvalue weighted by Crippen LogP contribution is -2.48. The van der Waals surface area contributed by atoms with Crippen molar-refractivity contribution in [2.45, 2.75) is 45.1 Å². The second-order valence-electron chi connectivity index (χ2n) is 6.78. The van der Waals surface area contributed by atoms with Crippen LogP contribution in [-0.2, 0) is 4.79 Å². The molecule has 0 aromatic rings. The van der Waals surface area contributed by atoms with Crippen molar-refractivity contribution in [1.29, 1.82) is 0 Å². The van der Waals surface area contributed by atoms with Gasteiger partial charge in [-0.1, -0.05) is 6.92 Å². The number of hydrogen-bond acceptors (Lipinski definition) is 3. The highest BCUT2D eigenvalue weighted by Gasteiger charge is 2.24. The van der Waals surface area contributed by atoms with Crippen LogP contribution in [0, 0.1) is 0 Å². The zero-order valence-corrected chi connectivity index (χ0v) is 17.8. The van der Waals surface area contributed by atoms with E-state index in [0.717, 1.165) is 32.1 Å². The summed E-state index contributed by atoms with van der Waals surface area (Å²) >= 11 is 0. The van der Waals surface area contributed by atoms with Crippen molar-refractivity contribution in [3.05, 3.63) is 0 Å². The molecule has 0 aromatic heterocycles. The summed E-state index contributed by atoms with van der Waals surface area (Å²) in [6.45, 7) is 7.80. The van der Waals surface area contributed by atoms with Crippen LogP contribution in [-0.4, -0.2) is 86.0 Å². The van der Waals surface area contributed by atoms with Gasteiger partial charge in [0.25, 0.3) is 0 Å². The molecule has 0 spiro atoms. The number of amides is 1. The van der Waals surface area contributed by atoms with Gasteiger partial charge in [0.2, 0.25) is 5.91 Å². The second-order valence-corrected chi connectivity index (χ2v) is 6.78. The van der Waals surface area contributed by atoms with Crippen LogP contribution < -0.4 is 5.32 Å². The van der Waals surface area contributed by atoms with Gasteiger partial charge in [-0.25, -0.2) is 4.99 Å². The van der Waals surface area contributed by atoms with Gasteiger partial charge in [0.15, 0.2) is 5.96 Å². The van der Waals surface area contributed by atoms with E-state index in [1.165, 1.54) is 38.6 Å². The maximum atomic E-state index is 11.9. The first-order chi connectivity index (χ1) is 11.1. The number of carbonyl (C=O) groups excluding carboxylic acids is 1. The monoisotopic (exact) mass is 451 g/mol. The van der Waals surface area contributed by atoms with Gasteiger partial charge in [-0.15, -0.1) is 24.0 Å². The van der Waals surface area contributed by atoms with Crippen molar-refractivity contribution in [2.75, 3.05) is 53.4 Å². The fraction of sp³-hybridized carbons (Fsp3) is 0.882. The van der Waals surface area contributed by atoms with E-state index in [0.29, 0.717) is 6.04 Å². The molecule has 1 N–H and O–H groups in total. The molecule has 2 rings (SSSR count). The van der Waals surface area contributed by atoms with Gasteiger partial charge in [-0.3, -0.25) is 9.69 Å². The third-order valence-corrected chi connectivity index (χ3v) is 4.92. The number of halogens is 1. The molecular weight excluding hydrogens is 417 g/mol. The zero-order valence-electron chi connectivity index (χ0n) is 15.5. The van der Waals surface area contributed by atoms with Crippen molar-refractivity contribution < 1.29 is 4.79 Å². The molecular formula is C17H34IN5O. The normalized spacial score (nSPS) is 22.2. The number of likely N-dealkylation sites (N-methyl/N-ethyl adjacent to an activating group) is 2. The summed E-state index contributed by atoms with van der Waals surface area (Å²) in [4.78, 5) is 22.9. The van der Waals surface area contributed by atoms with E-state index in [1.807, 2.05) is 0 Å². The summed E-state index contributed by atoms with van der Waals surface area (Å²) < 4.78 is 0. The molecule has 24 heavy (non-hydrogen) atoms. The first-order valence-corrected chi connectivity index (χ1v) is 9.09. The molecule has 2 saturated heterocycles. The van der Waals surface area contributed by atoms with Crippen LogP contribution in [0.5, 0.6) is 0 Å². The van der Waals surface area contributed by atoms with Crippen LogP contribution >= 0.6 is 24.0 Å². The minimum Gasteiger partial charge on any atom is -0.355 e. The van der Waals surface area contributed by atoms with Gasteiger partial charge in [0, 0.05) is 39.8 Å². The maximum absolute atomic E-state index is 11.9. The predicted octanol–water partition coefficient (Wildman–Crippen LogP) is 1.61. The third-order valence-electron chi connectivity index (χ3n) is 4.92. The maximum Gasteiger partial charge on any atom is 0.243 e. The molecule has 1 unspecified atom stereocenters. The number of piperidine rings is 1. The quantitative estimate of drug-likeness (QED) is 0.392. The first-order valence-electron chi connectivity index (χ1n) is 9.09. The van der Waals surface area contributed by atoms with Crippen molar-refractivity contribution in [3.63, 3.8) is 0 Å². The number of nitrogens with zero attached hydrogens (tertiary/aromatic N) is 4. The van der Waals surface area contributed by atoms with Gasteiger partial charge < -0.3 is 15.1 Å². The van der Waals surface area contributed by atoms with Crippen LogP contribution in [0.25, 0.3) is 0 Å². The number of rotatable bonds is 5. The van der Waals surface area contributed by atoms with Gasteiger partial charge in [-0.05, 0) is 45.2 Å². The average Bonchev–Trinajstić information content (AvgIpc) is 3.02. The summed E-state index contributed by atoms with van der Waals surface area (Å²) in [6.07, 6.45) is 6.27. The number of nitrogens with one attached hydrogen (secondary N) is 1. The fourth-order valence-corrected chi connectivity index (χ4v) is 3.41. The Labute approximate surface area is 164 Å². The van der Waals surface area contributed by atoms with E-state index < -0.39 is 0 Å². The standard InChI is InChI=1S/C17H33N5O.HI/c1-4-21-12-8-9-15(21)13-18-17(19-14-16(23)20(2)3)22-10-6-5-7-11-22;/h15H,4-14H2,1-3H3,(H,18,19);1H. The van der Waals surface area contributed by atoms with Crippen LogP contribution in [0.1, 0.15) is 39.0 Å². The number of likely N-dealkylation sites (tertiary alicyclic amines) is 2. The van der Waals surface area contributed by atoms with Crippen molar-refractivity contribution >= 4 is 35.8 Å². The molecule has 1 amide bonds. The second kappa shape index (κ2) is 11.1. The lowest BCUT2D eigenvalue weighted by Gasteiger charge is -2.32. The van der Waals surface area contributed by atoms with Crippen molar-refractivity contribution in [1.82, 2.24) is 20.0 Å². The molecule has 6 nitrogen and oxygen atoms in total. The Morgan fingerprint density at radius 2 is 1.88 bits per heavy atom. The number of guanidine groups is 1. The van der Waals surface area contributed by atoms with Gasteiger partial charge in [0.05, 0.1) is 0 Å². The van der Waals surface area contributed by atoms with Crippen LogP contribution in [0.3, 0.4) is 0 Å². The molecule has 2 fully saturated rings. The Kier molecular flexibility index (Phi) is 9.95. The van der Waals surface area contributed by atoms with Crippen molar-refractivity contribution in [3.8, 4) is 0 Å². The highest BCUT2D eigenvalue weighted by Crippen LogP contribution is 2.16. The lowest BCUT2D eigenvalue weighted by atomic mass is 10.1. The third kappa shape index (κ3) is 6.38. The van der Waals surface area contributed by atoms with Crippen molar-refractivity contribution in [2.24, 2.45) is 4.99 Å². The van der Waals surface area contributed by atoms with Crippen LogP contribution in [0.4, 0.5) is 0 Å². The van der Waals surface area contributed by atoms with E-state index in [-0.39, 0.29) is 36.4 Å². The van der Waals surface area contributed by atoms with E-state index in [2.05, 4.69) is 27.0 Å². The summed E-state index contributed by atoms with van der Waals surface area (Å²) in [5, 5.41) is 3.55. The fourth-order valence-electron chi connectivity index (χ4n) is 3.41. The van der Waals surface area contributed by atoms with E-state index in [4.69, 9.17) is 0 Å². The molecule has 0 aromatic carbocycles. The van der Waals surface area contributed by atoms with Gasteiger partial charge in [-0.2, -0.15) is 0 Å². The molecule has 0 radical (unpaired) electrons. The minimum absolute atomic E-state index is 0. The smallest absolute Gasteiger partial charge is 0.243 e. The first kappa shape index (κ1) is 21.5. The Bertz CT molecular complexity index is 410. The zero-order chi connectivity index (χ0) is 16.7. The molecule has 2 heterocycles. The summed E-state index contributed by atoms with van der Waals surface area (Å²) in [6, 6.07) is 0.597. The Morgan fingerprint density at radius 3 is 2.50 bits per heavy atom. The SMILES string of the molecule is CCN1CCCC1CNC(=NCC(=O)N(C)C)N1CCCCC1.I. The highest BCUT2D eigenvalue weighted by atomic mass is 127. The van der Waals surface area contributed by atoms with Crippen LogP contribution in [0.15, 0.2) is 4.99 Å². The number of hydrogen-bond donors (Lipinski definition) is 1. The van der Waals surface area contributed by atoms with E-state index in [1.54, 1.807) is 19.0 Å². The molecule has 2 aliphatic rings. The Morgan fingerprint density at radius 1 is 1.17 bits per heavy atom. The van der Waals surface area contributed by atoms with Gasteiger partial charge >= 0.3 is 0 Å². The summed E-state index contributed by atoms with van der Waals surface area (Å²) in [5.41, 5.74) is 0.